The van der Waals surface area contributed by atoms with E-state index in [4.69, 9.17) is 0 Å². The van der Waals surface area contributed by atoms with Gasteiger partial charge in [-0.05, 0) is 60.4 Å². The van der Waals surface area contributed by atoms with Crippen molar-refractivity contribution < 1.29 is 26.7 Å². The molecule has 28 heavy (non-hydrogen) atoms. The molecule has 0 aliphatic heterocycles. The molecule has 150 valence electrons. The Morgan fingerprint density at radius 1 is 0.929 bits per heavy atom. The van der Waals surface area contributed by atoms with Crippen molar-refractivity contribution in [1.29, 1.82) is 0 Å². The molecule has 0 aromatic heterocycles. The fourth-order valence-corrected chi connectivity index (χ4v) is 2.43. The van der Waals surface area contributed by atoms with Gasteiger partial charge in [0.25, 0.3) is 0 Å². The van der Waals surface area contributed by atoms with Crippen molar-refractivity contribution in [2.45, 2.75) is 39.0 Å². The molecule has 0 radical (unpaired) electrons. The summed E-state index contributed by atoms with van der Waals surface area (Å²) >= 11 is 0. The van der Waals surface area contributed by atoms with Crippen LogP contribution in [0.5, 0.6) is 5.75 Å². The summed E-state index contributed by atoms with van der Waals surface area (Å²) in [5.74, 6) is -1.81. The molecule has 0 fully saturated rings. The maximum absolute atomic E-state index is 14.1. The van der Waals surface area contributed by atoms with E-state index < -0.39 is 18.0 Å². The average Bonchev–Trinajstić information content (AvgIpc) is 2.61. The summed E-state index contributed by atoms with van der Waals surface area (Å²) in [5.41, 5.74) is 0.731. The zero-order valence-electron chi connectivity index (χ0n) is 15.1. The van der Waals surface area contributed by atoms with Crippen LogP contribution in [0.25, 0.3) is 0 Å². The minimum atomic E-state index is -4.76. The van der Waals surface area contributed by atoms with Gasteiger partial charge in [-0.2, -0.15) is 10.2 Å². The number of ether oxygens (including phenoxy) is 1. The average molecular weight is 398 g/mol. The van der Waals surface area contributed by atoms with Gasteiger partial charge in [0.05, 0.1) is 18.0 Å². The lowest BCUT2D eigenvalue weighted by molar-refractivity contribution is -0.274. The van der Waals surface area contributed by atoms with E-state index in [9.17, 15) is 22.0 Å². The van der Waals surface area contributed by atoms with E-state index >= 15 is 0 Å². The van der Waals surface area contributed by atoms with Gasteiger partial charge in [-0.3, -0.25) is 0 Å². The Morgan fingerprint density at radius 3 is 2.11 bits per heavy atom. The highest BCUT2D eigenvalue weighted by atomic mass is 19.4. The van der Waals surface area contributed by atoms with E-state index in [0.29, 0.717) is 17.5 Å². The highest BCUT2D eigenvalue weighted by molar-refractivity contribution is 5.83. The van der Waals surface area contributed by atoms with Crippen LogP contribution in [0.1, 0.15) is 42.9 Å². The zero-order chi connectivity index (χ0) is 20.6. The number of nitrogens with zero attached hydrogens (tertiary/aromatic N) is 2. The highest BCUT2D eigenvalue weighted by Gasteiger charge is 2.30. The van der Waals surface area contributed by atoms with Crippen LogP contribution in [0.2, 0.25) is 0 Å². The van der Waals surface area contributed by atoms with Crippen LogP contribution in [-0.2, 0) is 6.42 Å². The molecular weight excluding hydrogens is 379 g/mol. The first-order valence-electron chi connectivity index (χ1n) is 8.68. The summed E-state index contributed by atoms with van der Waals surface area (Å²) in [7, 11) is 0. The molecular formula is C20H19F5N2O. The minimum Gasteiger partial charge on any atom is -0.406 e. The Kier molecular flexibility index (Phi) is 7.66. The molecule has 0 N–H and O–H groups in total. The van der Waals surface area contributed by atoms with Gasteiger partial charge < -0.3 is 4.74 Å². The molecule has 0 aliphatic rings. The van der Waals surface area contributed by atoms with E-state index in [2.05, 4.69) is 14.9 Å². The first-order valence-corrected chi connectivity index (χ1v) is 8.68. The first-order chi connectivity index (χ1) is 13.3. The van der Waals surface area contributed by atoms with Crippen molar-refractivity contribution in [3.63, 3.8) is 0 Å². The van der Waals surface area contributed by atoms with Gasteiger partial charge in [0.2, 0.25) is 0 Å². The Balaban J connectivity index is 2.00. The fourth-order valence-electron chi connectivity index (χ4n) is 2.43. The van der Waals surface area contributed by atoms with E-state index in [1.54, 1.807) is 0 Å². The number of hydrogen-bond donors (Lipinski definition) is 0. The van der Waals surface area contributed by atoms with Crippen molar-refractivity contribution in [3.05, 3.63) is 64.7 Å². The van der Waals surface area contributed by atoms with Gasteiger partial charge >= 0.3 is 6.36 Å². The fraction of sp³-hybridized carbons (Fsp3) is 0.300. The monoisotopic (exact) mass is 398 g/mol. The first kappa shape index (κ1) is 21.5. The van der Waals surface area contributed by atoms with E-state index in [1.165, 1.54) is 30.5 Å². The maximum Gasteiger partial charge on any atom is 0.573 e. The minimum absolute atomic E-state index is 0.301. The standard InChI is InChI=1S/C20H19F5N2O/c1-2-3-4-5-15-10-18(21)17(19(22)11-15)13-27-26-12-14-6-8-16(9-7-14)28-20(23,24)25/h6-13H,2-5H2,1H3. The van der Waals surface area contributed by atoms with Gasteiger partial charge in [0, 0.05) is 0 Å². The molecule has 2 aromatic carbocycles. The summed E-state index contributed by atoms with van der Waals surface area (Å²) in [4.78, 5) is 0. The van der Waals surface area contributed by atoms with Crippen molar-refractivity contribution in [3.8, 4) is 5.75 Å². The molecule has 0 spiro atoms. The van der Waals surface area contributed by atoms with Gasteiger partial charge in [0.15, 0.2) is 0 Å². The quantitative estimate of drug-likeness (QED) is 0.231. The predicted octanol–water partition coefficient (Wildman–Crippen LogP) is 6.05. The second kappa shape index (κ2) is 9.96. The molecule has 3 nitrogen and oxygen atoms in total. The lowest BCUT2D eigenvalue weighted by Crippen LogP contribution is -2.16. The van der Waals surface area contributed by atoms with Crippen molar-refractivity contribution in [2.24, 2.45) is 10.2 Å². The summed E-state index contributed by atoms with van der Waals surface area (Å²) < 4.78 is 68.1. The van der Waals surface area contributed by atoms with E-state index in [1.807, 2.05) is 6.92 Å². The number of unbranched alkanes of at least 4 members (excludes halogenated alkanes) is 2. The molecule has 0 unspecified atom stereocenters. The Labute approximate surface area is 159 Å². The Hall–Kier alpha value is -2.77. The van der Waals surface area contributed by atoms with Crippen LogP contribution in [0.3, 0.4) is 0 Å². The van der Waals surface area contributed by atoms with Crippen molar-refractivity contribution >= 4 is 12.4 Å². The number of rotatable bonds is 8. The van der Waals surface area contributed by atoms with Gasteiger partial charge in [-0.1, -0.05) is 19.8 Å². The number of alkyl halides is 3. The maximum atomic E-state index is 14.1. The van der Waals surface area contributed by atoms with Crippen molar-refractivity contribution in [2.75, 3.05) is 0 Å². The normalized spacial score (nSPS) is 12.2. The zero-order valence-corrected chi connectivity index (χ0v) is 15.1. The molecule has 8 heteroatoms. The number of benzene rings is 2. The highest BCUT2D eigenvalue weighted by Crippen LogP contribution is 2.22. The molecule has 2 aromatic rings. The summed E-state index contributed by atoms with van der Waals surface area (Å²) in [6.07, 6.45) is 0.905. The van der Waals surface area contributed by atoms with Gasteiger partial charge in [-0.15, -0.1) is 13.2 Å². The number of aryl methyl sites for hydroxylation is 1. The lowest BCUT2D eigenvalue weighted by Gasteiger charge is -2.08. The second-order valence-corrected chi connectivity index (χ2v) is 6.04. The molecule has 0 saturated carbocycles. The molecule has 0 atom stereocenters. The smallest absolute Gasteiger partial charge is 0.406 e. The summed E-state index contributed by atoms with van der Waals surface area (Å²) in [6.45, 7) is 2.05. The predicted molar refractivity (Wildman–Crippen MR) is 97.9 cm³/mol. The second-order valence-electron chi connectivity index (χ2n) is 6.04. The van der Waals surface area contributed by atoms with Crippen molar-refractivity contribution in [1.82, 2.24) is 0 Å². The summed E-state index contributed by atoms with van der Waals surface area (Å²) in [5, 5.41) is 7.25. The van der Waals surface area contributed by atoms with Crippen LogP contribution in [0, 0.1) is 11.6 Å². The molecule has 0 saturated heterocycles. The Bertz CT molecular complexity index is 806. The van der Waals surface area contributed by atoms with E-state index in [0.717, 1.165) is 37.6 Å². The van der Waals surface area contributed by atoms with Crippen LogP contribution >= 0.6 is 0 Å². The largest absolute Gasteiger partial charge is 0.573 e. The lowest BCUT2D eigenvalue weighted by atomic mass is 10.0. The molecule has 2 rings (SSSR count). The molecule has 0 heterocycles. The third kappa shape index (κ3) is 7.09. The summed E-state index contributed by atoms with van der Waals surface area (Å²) in [6, 6.07) is 7.48. The van der Waals surface area contributed by atoms with E-state index in [-0.39, 0.29) is 11.3 Å². The van der Waals surface area contributed by atoms with Crippen LogP contribution in [-0.4, -0.2) is 18.8 Å². The molecule has 0 aliphatic carbocycles. The van der Waals surface area contributed by atoms with Crippen LogP contribution in [0.15, 0.2) is 46.6 Å². The topological polar surface area (TPSA) is 34.0 Å². The van der Waals surface area contributed by atoms with Crippen LogP contribution < -0.4 is 4.74 Å². The third-order valence-corrected chi connectivity index (χ3v) is 3.78. The van der Waals surface area contributed by atoms with Crippen LogP contribution in [0.4, 0.5) is 22.0 Å². The van der Waals surface area contributed by atoms with Gasteiger partial charge in [-0.25, -0.2) is 8.78 Å². The number of halogens is 5. The number of hydrogen-bond acceptors (Lipinski definition) is 3. The van der Waals surface area contributed by atoms with Gasteiger partial charge in [0.1, 0.15) is 17.4 Å². The molecule has 0 amide bonds. The molecule has 0 bridgehead atoms. The third-order valence-electron chi connectivity index (χ3n) is 3.78. The SMILES string of the molecule is CCCCCc1cc(F)c(C=NN=Cc2ccc(OC(F)(F)F)cc2)c(F)c1. The Morgan fingerprint density at radius 2 is 1.54 bits per heavy atom.